The SMILES string of the molecule is Cl.N[C@H](CCF)c1cc(Br)ccc1OC(F)(F)F. The van der Waals surface area contributed by atoms with E-state index in [4.69, 9.17) is 5.73 Å². The van der Waals surface area contributed by atoms with Gasteiger partial charge in [0.1, 0.15) is 5.75 Å². The van der Waals surface area contributed by atoms with Crippen LogP contribution in [0.5, 0.6) is 5.75 Å². The molecule has 0 aliphatic rings. The second-order valence-electron chi connectivity index (χ2n) is 3.31. The molecule has 2 N–H and O–H groups in total. The Hall–Kier alpha value is -0.530. The summed E-state index contributed by atoms with van der Waals surface area (Å²) >= 11 is 3.11. The van der Waals surface area contributed by atoms with Crippen LogP contribution in [0.15, 0.2) is 22.7 Å². The van der Waals surface area contributed by atoms with Gasteiger partial charge in [-0.15, -0.1) is 25.6 Å². The van der Waals surface area contributed by atoms with Gasteiger partial charge in [-0.1, -0.05) is 15.9 Å². The van der Waals surface area contributed by atoms with Crippen molar-refractivity contribution < 1.29 is 22.3 Å². The van der Waals surface area contributed by atoms with E-state index in [1.54, 1.807) is 0 Å². The van der Waals surface area contributed by atoms with Gasteiger partial charge in [-0.3, -0.25) is 4.39 Å². The molecule has 1 aromatic rings. The molecule has 1 aromatic carbocycles. The van der Waals surface area contributed by atoms with E-state index in [9.17, 15) is 17.6 Å². The molecule has 0 aromatic heterocycles. The normalized spacial score (nSPS) is 12.8. The van der Waals surface area contributed by atoms with Crippen molar-refractivity contribution in [3.05, 3.63) is 28.2 Å². The molecule has 0 bridgehead atoms. The molecule has 0 saturated carbocycles. The second kappa shape index (κ2) is 7.16. The van der Waals surface area contributed by atoms with E-state index in [0.717, 1.165) is 6.07 Å². The van der Waals surface area contributed by atoms with E-state index in [0.29, 0.717) is 4.47 Å². The summed E-state index contributed by atoms with van der Waals surface area (Å²) in [6, 6.07) is 3.09. The van der Waals surface area contributed by atoms with E-state index >= 15 is 0 Å². The minimum Gasteiger partial charge on any atom is -0.405 e. The lowest BCUT2D eigenvalue weighted by Crippen LogP contribution is -2.20. The molecule has 2 nitrogen and oxygen atoms in total. The fourth-order valence-corrected chi connectivity index (χ4v) is 1.68. The highest BCUT2D eigenvalue weighted by atomic mass is 79.9. The van der Waals surface area contributed by atoms with Crippen LogP contribution in [0, 0.1) is 0 Å². The molecular formula is C10H11BrClF4NO. The van der Waals surface area contributed by atoms with Gasteiger partial charge in [-0.2, -0.15) is 0 Å². The summed E-state index contributed by atoms with van der Waals surface area (Å²) in [5.41, 5.74) is 5.71. The molecular weight excluding hydrogens is 341 g/mol. The summed E-state index contributed by atoms with van der Waals surface area (Å²) in [6.45, 7) is -0.709. The van der Waals surface area contributed by atoms with Gasteiger partial charge in [0.25, 0.3) is 0 Å². The highest BCUT2D eigenvalue weighted by molar-refractivity contribution is 9.10. The molecule has 0 amide bonds. The van der Waals surface area contributed by atoms with Crippen molar-refractivity contribution in [1.82, 2.24) is 0 Å². The monoisotopic (exact) mass is 351 g/mol. The van der Waals surface area contributed by atoms with E-state index in [2.05, 4.69) is 20.7 Å². The van der Waals surface area contributed by atoms with Crippen molar-refractivity contribution in [2.45, 2.75) is 18.8 Å². The van der Waals surface area contributed by atoms with Crippen molar-refractivity contribution >= 4 is 28.3 Å². The Bertz CT molecular complexity index is 389. The van der Waals surface area contributed by atoms with E-state index in [1.807, 2.05) is 0 Å². The summed E-state index contributed by atoms with van der Waals surface area (Å²) in [5, 5.41) is 0. The number of hydrogen-bond donors (Lipinski definition) is 1. The number of ether oxygens (including phenoxy) is 1. The van der Waals surface area contributed by atoms with Crippen LogP contribution in [-0.4, -0.2) is 13.0 Å². The highest BCUT2D eigenvalue weighted by Crippen LogP contribution is 2.32. The van der Waals surface area contributed by atoms with Crippen LogP contribution in [0.1, 0.15) is 18.0 Å². The van der Waals surface area contributed by atoms with Gasteiger partial charge >= 0.3 is 6.36 Å². The van der Waals surface area contributed by atoms with Crippen LogP contribution < -0.4 is 10.5 Å². The fourth-order valence-electron chi connectivity index (χ4n) is 1.30. The predicted octanol–water partition coefficient (Wildman–Crippen LogP) is 4.13. The third-order valence-corrected chi connectivity index (χ3v) is 2.51. The molecule has 0 saturated heterocycles. The Kier molecular flexibility index (Phi) is 6.94. The highest BCUT2D eigenvalue weighted by Gasteiger charge is 2.32. The first-order valence-corrected chi connectivity index (χ1v) is 5.49. The first kappa shape index (κ1) is 17.5. The summed E-state index contributed by atoms with van der Waals surface area (Å²) in [7, 11) is 0. The van der Waals surface area contributed by atoms with Crippen LogP contribution in [0.3, 0.4) is 0 Å². The maximum absolute atomic E-state index is 12.1. The number of hydrogen-bond acceptors (Lipinski definition) is 2. The molecule has 104 valence electrons. The van der Waals surface area contributed by atoms with Crippen molar-refractivity contribution in [1.29, 1.82) is 0 Å². The van der Waals surface area contributed by atoms with E-state index in [1.165, 1.54) is 12.1 Å². The zero-order valence-electron chi connectivity index (χ0n) is 9.01. The summed E-state index contributed by atoms with van der Waals surface area (Å²) in [6.07, 6.45) is -4.86. The summed E-state index contributed by atoms with van der Waals surface area (Å²) in [4.78, 5) is 0. The first-order valence-electron chi connectivity index (χ1n) is 4.70. The third kappa shape index (κ3) is 5.41. The molecule has 0 aliphatic carbocycles. The summed E-state index contributed by atoms with van der Waals surface area (Å²) in [5.74, 6) is -0.401. The van der Waals surface area contributed by atoms with Crippen molar-refractivity contribution in [2.75, 3.05) is 6.67 Å². The van der Waals surface area contributed by atoms with Crippen molar-refractivity contribution in [3.8, 4) is 5.75 Å². The number of halogens is 6. The lowest BCUT2D eigenvalue weighted by Gasteiger charge is -2.17. The number of rotatable bonds is 4. The molecule has 1 atom stereocenters. The molecule has 0 radical (unpaired) electrons. The number of benzene rings is 1. The summed E-state index contributed by atoms with van der Waals surface area (Å²) < 4.78 is 52.9. The maximum atomic E-state index is 12.1. The van der Waals surface area contributed by atoms with Gasteiger partial charge in [0, 0.05) is 16.1 Å². The van der Waals surface area contributed by atoms with Gasteiger partial charge in [-0.05, 0) is 24.6 Å². The molecule has 0 fully saturated rings. The van der Waals surface area contributed by atoms with E-state index < -0.39 is 24.8 Å². The quantitative estimate of drug-likeness (QED) is 0.827. The Morgan fingerprint density at radius 2 is 1.94 bits per heavy atom. The fraction of sp³-hybridized carbons (Fsp3) is 0.400. The molecule has 0 heterocycles. The van der Waals surface area contributed by atoms with Crippen LogP contribution >= 0.6 is 28.3 Å². The zero-order chi connectivity index (χ0) is 13.1. The molecule has 0 spiro atoms. The van der Waals surface area contributed by atoms with Crippen LogP contribution in [0.4, 0.5) is 17.6 Å². The average molecular weight is 353 g/mol. The van der Waals surface area contributed by atoms with Gasteiger partial charge in [0.15, 0.2) is 0 Å². The van der Waals surface area contributed by atoms with Gasteiger partial charge in [0.05, 0.1) is 6.67 Å². The molecule has 0 aliphatic heterocycles. The lowest BCUT2D eigenvalue weighted by atomic mass is 10.0. The lowest BCUT2D eigenvalue weighted by molar-refractivity contribution is -0.275. The van der Waals surface area contributed by atoms with Crippen LogP contribution in [-0.2, 0) is 0 Å². The van der Waals surface area contributed by atoms with Crippen molar-refractivity contribution in [2.24, 2.45) is 5.73 Å². The van der Waals surface area contributed by atoms with Crippen LogP contribution in [0.25, 0.3) is 0 Å². The van der Waals surface area contributed by atoms with Gasteiger partial charge in [0.2, 0.25) is 0 Å². The minimum atomic E-state index is -4.79. The van der Waals surface area contributed by atoms with E-state index in [-0.39, 0.29) is 24.4 Å². The first-order chi connectivity index (χ1) is 7.83. The molecule has 0 unspecified atom stereocenters. The predicted molar refractivity (Wildman–Crippen MR) is 65.6 cm³/mol. The average Bonchev–Trinajstić information content (AvgIpc) is 2.19. The maximum Gasteiger partial charge on any atom is 0.573 e. The van der Waals surface area contributed by atoms with Crippen LogP contribution in [0.2, 0.25) is 0 Å². The van der Waals surface area contributed by atoms with Crippen molar-refractivity contribution in [3.63, 3.8) is 0 Å². The Labute approximate surface area is 116 Å². The Morgan fingerprint density at radius 3 is 2.44 bits per heavy atom. The standard InChI is InChI=1S/C10H10BrF4NO.ClH/c11-6-1-2-9(17-10(13,14)15)7(5-6)8(16)3-4-12;/h1-2,5,8H,3-4,16H2;1H/t8-;/m1./s1. The molecule has 18 heavy (non-hydrogen) atoms. The third-order valence-electron chi connectivity index (χ3n) is 2.02. The van der Waals surface area contributed by atoms with Gasteiger partial charge < -0.3 is 10.5 Å². The largest absolute Gasteiger partial charge is 0.573 e. The molecule has 8 heteroatoms. The Balaban J connectivity index is 0.00000289. The Morgan fingerprint density at radius 1 is 1.33 bits per heavy atom. The van der Waals surface area contributed by atoms with Gasteiger partial charge in [-0.25, -0.2) is 0 Å². The smallest absolute Gasteiger partial charge is 0.405 e. The number of alkyl halides is 4. The topological polar surface area (TPSA) is 35.2 Å². The second-order valence-corrected chi connectivity index (χ2v) is 4.23. The zero-order valence-corrected chi connectivity index (χ0v) is 11.4. The minimum absolute atomic E-state index is 0. The number of nitrogens with two attached hydrogens (primary N) is 1. The molecule has 1 rings (SSSR count).